The van der Waals surface area contributed by atoms with Crippen molar-refractivity contribution in [3.63, 3.8) is 0 Å². The number of pyridine rings is 1. The number of nitrogens with one attached hydrogen (secondary N) is 2. The highest BCUT2D eigenvalue weighted by Gasteiger charge is 2.32. The Labute approximate surface area is 213 Å². The van der Waals surface area contributed by atoms with Gasteiger partial charge in [0.1, 0.15) is 17.0 Å². The Morgan fingerprint density at radius 2 is 1.81 bits per heavy atom. The van der Waals surface area contributed by atoms with Gasteiger partial charge in [0.2, 0.25) is 5.76 Å². The lowest BCUT2D eigenvalue weighted by atomic mass is 10.1. The summed E-state index contributed by atoms with van der Waals surface area (Å²) in [6.45, 7) is 1.32. The molecule has 2 N–H and O–H groups in total. The van der Waals surface area contributed by atoms with Gasteiger partial charge in [-0.05, 0) is 36.8 Å². The van der Waals surface area contributed by atoms with Gasteiger partial charge in [0, 0.05) is 42.7 Å². The van der Waals surface area contributed by atoms with E-state index in [1.165, 1.54) is 31.5 Å². The minimum atomic E-state index is -4.56. The molecule has 9 nitrogen and oxygen atoms in total. The number of hydrogen-bond acceptors (Lipinski definition) is 8. The first kappa shape index (κ1) is 25.8. The van der Waals surface area contributed by atoms with E-state index in [0.29, 0.717) is 11.4 Å². The van der Waals surface area contributed by atoms with E-state index in [1.807, 2.05) is 0 Å². The minimum Gasteiger partial charge on any atom is -0.351 e. The zero-order chi connectivity index (χ0) is 26.6. The quantitative estimate of drug-likeness (QED) is 0.280. The maximum absolute atomic E-state index is 13.1. The van der Waals surface area contributed by atoms with Crippen LogP contribution in [-0.4, -0.2) is 31.8 Å². The van der Waals surface area contributed by atoms with E-state index in [9.17, 15) is 22.8 Å². The van der Waals surface area contributed by atoms with Crippen LogP contribution in [0.25, 0.3) is 0 Å². The molecule has 4 rings (SSSR count). The topological polar surface area (TPSA) is 123 Å². The molecule has 0 aliphatic carbocycles. The van der Waals surface area contributed by atoms with Gasteiger partial charge < -0.3 is 15.2 Å². The van der Waals surface area contributed by atoms with Gasteiger partial charge in [-0.1, -0.05) is 22.8 Å². The predicted octanol–water partition coefficient (Wildman–Crippen LogP) is 5.65. The van der Waals surface area contributed by atoms with Crippen LogP contribution < -0.4 is 10.6 Å². The molecule has 0 bridgehead atoms. The second-order valence-corrected chi connectivity index (χ2v) is 8.21. The van der Waals surface area contributed by atoms with Crippen LogP contribution in [0.2, 0.25) is 5.02 Å². The van der Waals surface area contributed by atoms with E-state index in [2.05, 4.69) is 30.7 Å². The Hall–Kier alpha value is -4.32. The molecule has 13 heteroatoms. The Bertz CT molecular complexity index is 1440. The molecule has 3 aromatic heterocycles. The number of carbonyl (C=O) groups excluding carboxylic acids is 2. The van der Waals surface area contributed by atoms with Gasteiger partial charge >= 0.3 is 6.18 Å². The second kappa shape index (κ2) is 10.7. The van der Waals surface area contributed by atoms with E-state index in [1.54, 1.807) is 24.5 Å². The van der Waals surface area contributed by atoms with Crippen molar-refractivity contribution in [3.8, 4) is 0 Å². The summed E-state index contributed by atoms with van der Waals surface area (Å²) in [6.07, 6.45) is -0.139. The van der Waals surface area contributed by atoms with E-state index in [-0.39, 0.29) is 46.4 Å². The summed E-state index contributed by atoms with van der Waals surface area (Å²) in [5.41, 5.74) is 0.0901. The number of carbonyl (C=O) groups is 2. The van der Waals surface area contributed by atoms with E-state index in [4.69, 9.17) is 16.1 Å². The van der Waals surface area contributed by atoms with Crippen molar-refractivity contribution in [2.75, 3.05) is 10.6 Å². The molecule has 0 radical (unpaired) electrons. The van der Waals surface area contributed by atoms with Gasteiger partial charge in [-0.15, -0.1) is 0 Å². The fourth-order valence-corrected chi connectivity index (χ4v) is 3.57. The summed E-state index contributed by atoms with van der Waals surface area (Å²) < 4.78 is 44.4. The molecule has 4 aromatic rings. The summed E-state index contributed by atoms with van der Waals surface area (Å²) in [4.78, 5) is 37.1. The first-order valence-electron chi connectivity index (χ1n) is 10.8. The highest BCUT2D eigenvalue weighted by Crippen LogP contribution is 2.33. The number of nitrogens with zero attached hydrogens (tertiary/aromatic N) is 4. The fourth-order valence-electron chi connectivity index (χ4n) is 3.32. The van der Waals surface area contributed by atoms with Gasteiger partial charge in [-0.2, -0.15) is 13.2 Å². The summed E-state index contributed by atoms with van der Waals surface area (Å²) in [7, 11) is 0. The smallest absolute Gasteiger partial charge is 0.351 e. The lowest BCUT2D eigenvalue weighted by molar-refractivity contribution is -0.138. The highest BCUT2D eigenvalue weighted by molar-refractivity contribution is 6.36. The van der Waals surface area contributed by atoms with Crippen molar-refractivity contribution in [2.45, 2.75) is 25.9 Å². The number of anilines is 3. The number of hydrogen-bond donors (Lipinski definition) is 2. The zero-order valence-electron chi connectivity index (χ0n) is 19.1. The number of amides is 1. The molecular weight excluding hydrogens is 513 g/mol. The molecule has 0 unspecified atom stereocenters. The SMILES string of the molecule is Cc1ccc(NC(=O)c2cc(CCC(=O)c3ncnc(Nc4ccncc4)c3Cl)no2)cc1C(F)(F)F. The van der Waals surface area contributed by atoms with Crippen molar-refractivity contribution >= 4 is 40.5 Å². The van der Waals surface area contributed by atoms with Crippen LogP contribution in [0.15, 0.2) is 59.6 Å². The number of ketones is 1. The largest absolute Gasteiger partial charge is 0.416 e. The molecule has 0 aliphatic rings. The molecule has 0 saturated heterocycles. The van der Waals surface area contributed by atoms with Gasteiger partial charge in [-0.3, -0.25) is 14.6 Å². The Morgan fingerprint density at radius 1 is 1.05 bits per heavy atom. The number of halogens is 4. The van der Waals surface area contributed by atoms with Crippen molar-refractivity contribution in [3.05, 3.63) is 88.4 Å². The molecule has 0 aliphatic heterocycles. The van der Waals surface area contributed by atoms with Crippen molar-refractivity contribution in [1.29, 1.82) is 0 Å². The average molecular weight is 531 g/mol. The normalized spacial score (nSPS) is 11.3. The molecule has 3 heterocycles. The van der Waals surface area contributed by atoms with Crippen LogP contribution in [0.3, 0.4) is 0 Å². The number of aromatic nitrogens is 4. The lowest BCUT2D eigenvalue weighted by Crippen LogP contribution is -2.13. The maximum Gasteiger partial charge on any atom is 0.416 e. The van der Waals surface area contributed by atoms with Gasteiger partial charge in [-0.25, -0.2) is 9.97 Å². The number of alkyl halides is 3. The van der Waals surface area contributed by atoms with E-state index >= 15 is 0 Å². The summed E-state index contributed by atoms with van der Waals surface area (Å²) >= 11 is 6.33. The predicted molar refractivity (Wildman–Crippen MR) is 128 cm³/mol. The van der Waals surface area contributed by atoms with Crippen molar-refractivity contribution < 1.29 is 27.3 Å². The highest BCUT2D eigenvalue weighted by atomic mass is 35.5. The van der Waals surface area contributed by atoms with Gasteiger partial charge in [0.05, 0.1) is 11.3 Å². The third kappa shape index (κ3) is 6.28. The molecule has 1 amide bonds. The standard InChI is InChI=1S/C24H18ClF3N6O3/c1-13-2-3-15(10-17(13)24(26,27)28)33-23(36)19-11-16(34-37-19)4-5-18(35)21-20(25)22(31-12-30-21)32-14-6-8-29-9-7-14/h2-3,6-12H,4-5H2,1H3,(H,33,36)(H,29,30,31,32). The lowest BCUT2D eigenvalue weighted by Gasteiger charge is -2.12. The molecular formula is C24H18ClF3N6O3. The monoisotopic (exact) mass is 530 g/mol. The first-order chi connectivity index (χ1) is 17.6. The van der Waals surface area contributed by atoms with Crippen LogP contribution in [0.4, 0.5) is 30.4 Å². The number of benzene rings is 1. The number of rotatable bonds is 8. The Morgan fingerprint density at radius 3 is 2.54 bits per heavy atom. The number of Topliss-reactive ketones (excluding diaryl/α,β-unsaturated/α-hetero) is 1. The third-order valence-electron chi connectivity index (χ3n) is 5.19. The van der Waals surface area contributed by atoms with Crippen LogP contribution in [0, 0.1) is 6.92 Å². The molecule has 37 heavy (non-hydrogen) atoms. The summed E-state index contributed by atoms with van der Waals surface area (Å²) in [5, 5.41) is 9.13. The molecule has 0 atom stereocenters. The van der Waals surface area contributed by atoms with Gasteiger partial charge in [0.25, 0.3) is 5.91 Å². The molecule has 1 aromatic carbocycles. The van der Waals surface area contributed by atoms with Crippen LogP contribution in [-0.2, 0) is 12.6 Å². The van der Waals surface area contributed by atoms with Gasteiger partial charge in [0.15, 0.2) is 11.6 Å². The average Bonchev–Trinajstić information content (AvgIpc) is 3.34. The van der Waals surface area contributed by atoms with Crippen LogP contribution in [0.1, 0.15) is 44.3 Å². The molecule has 190 valence electrons. The number of aryl methyl sites for hydroxylation is 2. The zero-order valence-corrected chi connectivity index (χ0v) is 19.9. The third-order valence-corrected chi connectivity index (χ3v) is 5.55. The van der Waals surface area contributed by atoms with Crippen LogP contribution in [0.5, 0.6) is 0 Å². The molecule has 0 saturated carbocycles. The molecule has 0 spiro atoms. The molecule has 0 fully saturated rings. The Kier molecular flexibility index (Phi) is 7.48. The summed E-state index contributed by atoms with van der Waals surface area (Å²) in [6, 6.07) is 8.15. The first-order valence-corrected chi connectivity index (χ1v) is 11.1. The fraction of sp³-hybridized carbons (Fsp3) is 0.167. The van der Waals surface area contributed by atoms with Crippen LogP contribution >= 0.6 is 11.6 Å². The minimum absolute atomic E-state index is 0.00882. The van der Waals surface area contributed by atoms with E-state index < -0.39 is 23.4 Å². The van der Waals surface area contributed by atoms with Crippen molar-refractivity contribution in [1.82, 2.24) is 20.1 Å². The van der Waals surface area contributed by atoms with Crippen molar-refractivity contribution in [2.24, 2.45) is 0 Å². The second-order valence-electron chi connectivity index (χ2n) is 7.83. The van der Waals surface area contributed by atoms with E-state index in [0.717, 1.165) is 6.07 Å². The maximum atomic E-state index is 13.1. The Balaban J connectivity index is 1.38. The summed E-state index contributed by atoms with van der Waals surface area (Å²) in [5.74, 6) is -1.15.